The molecule has 0 aliphatic carbocycles. The van der Waals surface area contributed by atoms with Crippen LogP contribution in [0.1, 0.15) is 43.2 Å². The highest BCUT2D eigenvalue weighted by atomic mass is 16.5. The van der Waals surface area contributed by atoms with Gasteiger partial charge in [-0.05, 0) is 11.6 Å². The maximum absolute atomic E-state index is 12.5. The predicted molar refractivity (Wildman–Crippen MR) is 76.1 cm³/mol. The van der Waals surface area contributed by atoms with E-state index in [0.717, 1.165) is 5.56 Å². The highest BCUT2D eigenvalue weighted by molar-refractivity contribution is 5.79. The number of morpholine rings is 1. The molecule has 1 atom stereocenters. The number of ether oxygens (including phenoxy) is 1. The average molecular weight is 305 g/mol. The Morgan fingerprint density at radius 1 is 1.45 bits per heavy atom. The van der Waals surface area contributed by atoms with E-state index in [9.17, 15) is 4.79 Å². The summed E-state index contributed by atoms with van der Waals surface area (Å²) in [4.78, 5) is 14.3. The lowest BCUT2D eigenvalue weighted by Crippen LogP contribution is -2.44. The summed E-state index contributed by atoms with van der Waals surface area (Å²) in [5, 5.41) is 8.12. The number of amides is 1. The summed E-state index contributed by atoms with van der Waals surface area (Å²) in [5.41, 5.74) is 0.851. The minimum atomic E-state index is -0.326. The van der Waals surface area contributed by atoms with E-state index in [2.05, 4.69) is 10.2 Å². The number of furan rings is 1. The molecule has 0 saturated carbocycles. The number of carbonyl (C=O) groups is 1. The van der Waals surface area contributed by atoms with Crippen molar-refractivity contribution in [1.29, 1.82) is 0 Å². The van der Waals surface area contributed by atoms with Crippen LogP contribution in [0, 0.1) is 0 Å². The molecule has 2 aromatic heterocycles. The first-order chi connectivity index (χ1) is 10.6. The molecular formula is C15H19N3O4. The zero-order valence-corrected chi connectivity index (χ0v) is 12.7. The number of nitrogens with zero attached hydrogens (tertiary/aromatic N) is 3. The monoisotopic (exact) mass is 305 g/mol. The number of hydrogen-bond acceptors (Lipinski definition) is 6. The normalized spacial score (nSPS) is 18.9. The minimum absolute atomic E-state index is 0.000929. The van der Waals surface area contributed by atoms with Gasteiger partial charge in [0, 0.05) is 12.5 Å². The van der Waals surface area contributed by atoms with Gasteiger partial charge < -0.3 is 18.5 Å². The molecule has 1 aliphatic rings. The second-order valence-corrected chi connectivity index (χ2v) is 5.62. The number of rotatable bonds is 4. The Labute approximate surface area is 128 Å². The molecular weight excluding hydrogens is 286 g/mol. The number of aromatic nitrogens is 2. The zero-order valence-electron chi connectivity index (χ0n) is 12.7. The number of hydrogen-bond donors (Lipinski definition) is 0. The van der Waals surface area contributed by atoms with Gasteiger partial charge in [0.15, 0.2) is 0 Å². The molecule has 1 aliphatic heterocycles. The second-order valence-electron chi connectivity index (χ2n) is 5.62. The first kappa shape index (κ1) is 14.8. The lowest BCUT2D eigenvalue weighted by atomic mass is 10.1. The van der Waals surface area contributed by atoms with Crippen LogP contribution < -0.4 is 0 Å². The average Bonchev–Trinajstić information content (AvgIpc) is 3.18. The Hall–Kier alpha value is -2.15. The molecule has 0 bridgehead atoms. The van der Waals surface area contributed by atoms with Gasteiger partial charge in [-0.25, -0.2) is 0 Å². The van der Waals surface area contributed by atoms with Crippen LogP contribution in [0.25, 0.3) is 0 Å². The van der Waals surface area contributed by atoms with E-state index in [1.165, 1.54) is 0 Å². The van der Waals surface area contributed by atoms with Crippen molar-refractivity contribution in [2.24, 2.45) is 0 Å². The van der Waals surface area contributed by atoms with Crippen LogP contribution in [0.5, 0.6) is 0 Å². The van der Waals surface area contributed by atoms with Gasteiger partial charge in [-0.15, -0.1) is 10.2 Å². The molecule has 0 spiro atoms. The Morgan fingerprint density at radius 3 is 3.00 bits per heavy atom. The largest absolute Gasteiger partial charge is 0.472 e. The SMILES string of the molecule is CC(C)c1nnc([C@@H]2COCCN2C(=O)Cc2ccoc2)o1. The van der Waals surface area contributed by atoms with Crippen LogP contribution >= 0.6 is 0 Å². The lowest BCUT2D eigenvalue weighted by Gasteiger charge is -2.33. The fourth-order valence-corrected chi connectivity index (χ4v) is 2.39. The molecule has 0 N–H and O–H groups in total. The Kier molecular flexibility index (Phi) is 4.24. The van der Waals surface area contributed by atoms with Gasteiger partial charge in [0.25, 0.3) is 0 Å². The fraction of sp³-hybridized carbons (Fsp3) is 0.533. The van der Waals surface area contributed by atoms with Crippen molar-refractivity contribution in [3.63, 3.8) is 0 Å². The molecule has 1 amide bonds. The molecule has 2 aromatic rings. The highest BCUT2D eigenvalue weighted by Crippen LogP contribution is 2.25. The van der Waals surface area contributed by atoms with Crippen molar-refractivity contribution in [3.8, 4) is 0 Å². The number of carbonyl (C=O) groups excluding carboxylic acids is 1. The van der Waals surface area contributed by atoms with E-state index >= 15 is 0 Å². The van der Waals surface area contributed by atoms with Crippen LogP contribution in [0.4, 0.5) is 0 Å². The van der Waals surface area contributed by atoms with Crippen LogP contribution in [-0.2, 0) is 16.0 Å². The van der Waals surface area contributed by atoms with Crippen molar-refractivity contribution in [3.05, 3.63) is 35.9 Å². The maximum atomic E-state index is 12.5. The summed E-state index contributed by atoms with van der Waals surface area (Å²) < 4.78 is 16.2. The maximum Gasteiger partial charge on any atom is 0.241 e. The smallest absolute Gasteiger partial charge is 0.241 e. The van der Waals surface area contributed by atoms with Gasteiger partial charge in [0.1, 0.15) is 6.04 Å². The highest BCUT2D eigenvalue weighted by Gasteiger charge is 2.32. The Morgan fingerprint density at radius 2 is 2.32 bits per heavy atom. The zero-order chi connectivity index (χ0) is 15.5. The van der Waals surface area contributed by atoms with Crippen LogP contribution in [0.15, 0.2) is 27.4 Å². The van der Waals surface area contributed by atoms with Gasteiger partial charge in [-0.2, -0.15) is 0 Å². The van der Waals surface area contributed by atoms with Gasteiger partial charge in [-0.3, -0.25) is 4.79 Å². The van der Waals surface area contributed by atoms with Crippen LogP contribution in [0.2, 0.25) is 0 Å². The van der Waals surface area contributed by atoms with Crippen molar-refractivity contribution in [2.45, 2.75) is 32.2 Å². The molecule has 118 valence electrons. The quantitative estimate of drug-likeness (QED) is 0.858. The van der Waals surface area contributed by atoms with Gasteiger partial charge in [0.2, 0.25) is 17.7 Å². The van der Waals surface area contributed by atoms with Gasteiger partial charge >= 0.3 is 0 Å². The standard InChI is InChI=1S/C15H19N3O4/c1-10(2)14-16-17-15(22-14)12-9-21-6-4-18(12)13(19)7-11-3-5-20-8-11/h3,5,8,10,12H,4,6-7,9H2,1-2H3/t12-/m0/s1. The molecule has 3 heterocycles. The third kappa shape index (κ3) is 3.04. The third-order valence-electron chi connectivity index (χ3n) is 3.62. The Balaban J connectivity index is 1.76. The fourth-order valence-electron chi connectivity index (χ4n) is 2.39. The molecule has 7 heteroatoms. The molecule has 1 saturated heterocycles. The Bertz CT molecular complexity index is 621. The first-order valence-corrected chi connectivity index (χ1v) is 7.36. The molecule has 0 unspecified atom stereocenters. The molecule has 0 aromatic carbocycles. The summed E-state index contributed by atoms with van der Waals surface area (Å²) in [7, 11) is 0. The van der Waals surface area contributed by atoms with E-state index in [-0.39, 0.29) is 24.3 Å². The van der Waals surface area contributed by atoms with Crippen molar-refractivity contribution in [2.75, 3.05) is 19.8 Å². The summed E-state index contributed by atoms with van der Waals surface area (Å²) in [5.74, 6) is 1.16. The molecule has 1 fully saturated rings. The lowest BCUT2D eigenvalue weighted by molar-refractivity contribution is -0.140. The van der Waals surface area contributed by atoms with Crippen molar-refractivity contribution in [1.82, 2.24) is 15.1 Å². The topological polar surface area (TPSA) is 81.6 Å². The van der Waals surface area contributed by atoms with E-state index in [4.69, 9.17) is 13.6 Å². The van der Waals surface area contributed by atoms with Crippen molar-refractivity contribution >= 4 is 5.91 Å². The minimum Gasteiger partial charge on any atom is -0.472 e. The first-order valence-electron chi connectivity index (χ1n) is 7.36. The summed E-state index contributed by atoms with van der Waals surface area (Å²) in [6.07, 6.45) is 3.43. The third-order valence-corrected chi connectivity index (χ3v) is 3.62. The van der Waals surface area contributed by atoms with E-state index in [1.54, 1.807) is 23.5 Å². The predicted octanol–water partition coefficient (Wildman–Crippen LogP) is 1.93. The summed E-state index contributed by atoms with van der Waals surface area (Å²) in [6, 6.07) is 1.46. The van der Waals surface area contributed by atoms with Gasteiger partial charge in [-0.1, -0.05) is 13.8 Å². The van der Waals surface area contributed by atoms with E-state index in [0.29, 0.717) is 31.5 Å². The summed E-state index contributed by atoms with van der Waals surface area (Å²) in [6.45, 7) is 5.36. The molecule has 22 heavy (non-hydrogen) atoms. The van der Waals surface area contributed by atoms with E-state index in [1.807, 2.05) is 13.8 Å². The van der Waals surface area contributed by atoms with Crippen LogP contribution in [0.3, 0.4) is 0 Å². The second kappa shape index (κ2) is 6.31. The van der Waals surface area contributed by atoms with E-state index < -0.39 is 0 Å². The molecule has 7 nitrogen and oxygen atoms in total. The summed E-state index contributed by atoms with van der Waals surface area (Å²) >= 11 is 0. The van der Waals surface area contributed by atoms with Crippen LogP contribution in [-0.4, -0.2) is 40.8 Å². The molecule has 0 radical (unpaired) electrons. The van der Waals surface area contributed by atoms with Crippen molar-refractivity contribution < 1.29 is 18.4 Å². The van der Waals surface area contributed by atoms with Gasteiger partial charge in [0.05, 0.1) is 32.2 Å². The molecule has 3 rings (SSSR count).